The zero-order chi connectivity index (χ0) is 18.8. The molecule has 1 atom stereocenters. The van der Waals surface area contributed by atoms with Gasteiger partial charge in [-0.3, -0.25) is 14.2 Å². The second-order valence-corrected chi connectivity index (χ2v) is 7.17. The van der Waals surface area contributed by atoms with E-state index in [2.05, 4.69) is 10.2 Å². The van der Waals surface area contributed by atoms with Gasteiger partial charge in [-0.1, -0.05) is 22.9 Å². The fraction of sp³-hybridized carbons (Fsp3) is 0.294. The molecule has 9 heteroatoms. The van der Waals surface area contributed by atoms with Gasteiger partial charge in [-0.05, 0) is 32.0 Å². The number of aromatic nitrogens is 3. The average molecular weight is 394 g/mol. The van der Waals surface area contributed by atoms with Crippen molar-refractivity contribution < 1.29 is 14.6 Å². The molecule has 0 aliphatic carbocycles. The van der Waals surface area contributed by atoms with Crippen LogP contribution in [0.25, 0.3) is 10.2 Å². The van der Waals surface area contributed by atoms with Crippen LogP contribution in [-0.4, -0.2) is 25.8 Å². The normalized spacial score (nSPS) is 12.3. The smallest absolute Gasteiger partial charge is 0.308 e. The van der Waals surface area contributed by atoms with E-state index in [1.807, 2.05) is 26.0 Å². The van der Waals surface area contributed by atoms with Crippen LogP contribution < -0.4 is 9.61 Å². The fourth-order valence-electron chi connectivity index (χ4n) is 2.45. The van der Waals surface area contributed by atoms with Crippen molar-refractivity contribution in [1.29, 1.82) is 0 Å². The molecule has 2 heterocycles. The van der Waals surface area contributed by atoms with E-state index in [-0.39, 0.29) is 23.9 Å². The molecule has 0 aliphatic heterocycles. The molecule has 136 valence electrons. The molecule has 1 N–H and O–H groups in total. The first-order chi connectivity index (χ1) is 12.3. The highest BCUT2D eigenvalue weighted by Crippen LogP contribution is 2.34. The lowest BCUT2D eigenvalue weighted by molar-refractivity contribution is -0.137. The summed E-state index contributed by atoms with van der Waals surface area (Å²) in [5, 5.41) is 17.3. The minimum Gasteiger partial charge on any atom is -0.483 e. The summed E-state index contributed by atoms with van der Waals surface area (Å²) in [5.74, 6) is -0.531. The van der Waals surface area contributed by atoms with Crippen molar-refractivity contribution in [2.24, 2.45) is 0 Å². The molecule has 7 nitrogen and oxygen atoms in total. The lowest BCUT2D eigenvalue weighted by Gasteiger charge is -2.15. The van der Waals surface area contributed by atoms with Crippen molar-refractivity contribution in [3.8, 4) is 5.75 Å². The number of halogens is 1. The third-order valence-corrected chi connectivity index (χ3v) is 5.05. The molecule has 0 amide bonds. The summed E-state index contributed by atoms with van der Waals surface area (Å²) < 4.78 is 7.99. The lowest BCUT2D eigenvalue weighted by atomic mass is 10.2. The topological polar surface area (TPSA) is 94.3 Å². The van der Waals surface area contributed by atoms with E-state index in [0.717, 1.165) is 17.0 Å². The van der Waals surface area contributed by atoms with Gasteiger partial charge in [-0.25, -0.2) is 0 Å². The number of fused-ring (bicyclic) bond motifs is 1. The molecular weight excluding hydrogens is 378 g/mol. The Hall–Kier alpha value is -2.45. The SMILES string of the molecule is Cc1ccc([C@H](C)Oc2cc3sc(=O)n(CCC(=O)O)c3cc2Cl)nn1. The van der Waals surface area contributed by atoms with Gasteiger partial charge < -0.3 is 9.84 Å². The number of hydrogen-bond donors (Lipinski definition) is 1. The summed E-state index contributed by atoms with van der Waals surface area (Å²) in [6.07, 6.45) is -0.506. The molecule has 3 rings (SSSR count). The number of aryl methyl sites for hydroxylation is 2. The van der Waals surface area contributed by atoms with Gasteiger partial charge in [-0.15, -0.1) is 0 Å². The predicted octanol–water partition coefficient (Wildman–Crippen LogP) is 3.43. The quantitative estimate of drug-likeness (QED) is 0.689. The molecule has 0 spiro atoms. The van der Waals surface area contributed by atoms with E-state index in [0.29, 0.717) is 26.7 Å². The van der Waals surface area contributed by atoms with Gasteiger partial charge in [0.05, 0.1) is 27.4 Å². The lowest BCUT2D eigenvalue weighted by Crippen LogP contribution is -2.15. The highest BCUT2D eigenvalue weighted by molar-refractivity contribution is 7.16. The minimum absolute atomic E-state index is 0.0973. The van der Waals surface area contributed by atoms with E-state index in [1.54, 1.807) is 12.1 Å². The fourth-order valence-corrected chi connectivity index (χ4v) is 3.58. The molecule has 26 heavy (non-hydrogen) atoms. The molecule has 0 bridgehead atoms. The highest BCUT2D eigenvalue weighted by Gasteiger charge is 2.16. The molecule has 3 aromatic rings. The molecule has 0 aliphatic rings. The van der Waals surface area contributed by atoms with E-state index in [1.165, 1.54) is 4.57 Å². The van der Waals surface area contributed by atoms with Crippen molar-refractivity contribution in [2.45, 2.75) is 32.9 Å². The Morgan fingerprint density at radius 1 is 1.38 bits per heavy atom. The number of carboxylic acid groups (broad SMARTS) is 1. The Morgan fingerprint density at radius 2 is 2.15 bits per heavy atom. The highest BCUT2D eigenvalue weighted by atomic mass is 35.5. The van der Waals surface area contributed by atoms with Crippen LogP contribution >= 0.6 is 22.9 Å². The number of hydrogen-bond acceptors (Lipinski definition) is 6. The van der Waals surface area contributed by atoms with E-state index in [9.17, 15) is 9.59 Å². The van der Waals surface area contributed by atoms with E-state index >= 15 is 0 Å². The molecule has 0 fully saturated rings. The number of benzene rings is 1. The van der Waals surface area contributed by atoms with Crippen molar-refractivity contribution in [3.05, 3.63) is 50.3 Å². The Labute approximate surface area is 157 Å². The molecule has 1 aromatic carbocycles. The molecule has 0 unspecified atom stereocenters. The van der Waals surface area contributed by atoms with Crippen LogP contribution in [-0.2, 0) is 11.3 Å². The summed E-state index contributed by atoms with van der Waals surface area (Å²) in [6.45, 7) is 3.78. The van der Waals surface area contributed by atoms with Crippen molar-refractivity contribution in [2.75, 3.05) is 0 Å². The summed E-state index contributed by atoms with van der Waals surface area (Å²) >= 11 is 7.34. The van der Waals surface area contributed by atoms with Crippen molar-refractivity contribution in [1.82, 2.24) is 14.8 Å². The van der Waals surface area contributed by atoms with Gasteiger partial charge in [0.1, 0.15) is 17.5 Å². The molecule has 0 radical (unpaired) electrons. The van der Waals surface area contributed by atoms with Crippen LogP contribution in [0.1, 0.15) is 30.8 Å². The van der Waals surface area contributed by atoms with Crippen LogP contribution in [0, 0.1) is 6.92 Å². The average Bonchev–Trinajstić information content (AvgIpc) is 2.88. The molecule has 2 aromatic heterocycles. The monoisotopic (exact) mass is 393 g/mol. The number of aliphatic carboxylic acids is 1. The van der Waals surface area contributed by atoms with Crippen LogP contribution in [0.3, 0.4) is 0 Å². The summed E-state index contributed by atoms with van der Waals surface area (Å²) in [6, 6.07) is 7.00. The maximum atomic E-state index is 12.1. The van der Waals surface area contributed by atoms with Crippen LogP contribution in [0.2, 0.25) is 5.02 Å². The number of ether oxygens (including phenoxy) is 1. The standard InChI is InChI=1S/C17H16ClN3O4S/c1-9-3-4-12(20-19-9)10(2)25-14-8-15-13(7-11(14)18)21(17(24)26-15)6-5-16(22)23/h3-4,7-8,10H,5-6H2,1-2H3,(H,22,23)/t10-/m0/s1. The van der Waals surface area contributed by atoms with Gasteiger partial charge in [0.25, 0.3) is 0 Å². The Kier molecular flexibility index (Phi) is 5.24. The number of nitrogens with zero attached hydrogens (tertiary/aromatic N) is 3. The largest absolute Gasteiger partial charge is 0.483 e. The van der Waals surface area contributed by atoms with Crippen LogP contribution in [0.4, 0.5) is 0 Å². The van der Waals surface area contributed by atoms with Gasteiger partial charge in [0, 0.05) is 12.6 Å². The van der Waals surface area contributed by atoms with Gasteiger partial charge in [0.15, 0.2) is 0 Å². The van der Waals surface area contributed by atoms with Crippen LogP contribution in [0.15, 0.2) is 29.1 Å². The molecule has 0 saturated carbocycles. The first-order valence-corrected chi connectivity index (χ1v) is 9.06. The zero-order valence-corrected chi connectivity index (χ0v) is 15.7. The van der Waals surface area contributed by atoms with E-state index in [4.69, 9.17) is 21.4 Å². The van der Waals surface area contributed by atoms with Crippen LogP contribution in [0.5, 0.6) is 5.75 Å². The maximum Gasteiger partial charge on any atom is 0.308 e. The number of carboxylic acids is 1. The third kappa shape index (κ3) is 3.86. The second kappa shape index (κ2) is 7.43. The maximum absolute atomic E-state index is 12.1. The third-order valence-electron chi connectivity index (χ3n) is 3.81. The first-order valence-electron chi connectivity index (χ1n) is 7.86. The summed E-state index contributed by atoms with van der Waals surface area (Å²) in [4.78, 5) is 22.7. The second-order valence-electron chi connectivity index (χ2n) is 5.77. The number of carbonyl (C=O) groups is 1. The number of rotatable bonds is 6. The minimum atomic E-state index is -0.963. The Morgan fingerprint density at radius 3 is 2.81 bits per heavy atom. The van der Waals surface area contributed by atoms with Crippen molar-refractivity contribution in [3.63, 3.8) is 0 Å². The van der Waals surface area contributed by atoms with Gasteiger partial charge in [0.2, 0.25) is 0 Å². The molecular formula is C17H16ClN3O4S. The summed E-state index contributed by atoms with van der Waals surface area (Å²) in [7, 11) is 0. The van der Waals surface area contributed by atoms with Gasteiger partial charge in [-0.2, -0.15) is 10.2 Å². The Balaban J connectivity index is 1.90. The number of thiazole rings is 1. The first kappa shape index (κ1) is 18.3. The van der Waals surface area contributed by atoms with E-state index < -0.39 is 5.97 Å². The molecule has 0 saturated heterocycles. The Bertz CT molecular complexity index is 1010. The van der Waals surface area contributed by atoms with Gasteiger partial charge >= 0.3 is 10.8 Å². The van der Waals surface area contributed by atoms with Crippen molar-refractivity contribution >= 4 is 39.1 Å². The predicted molar refractivity (Wildman–Crippen MR) is 99.2 cm³/mol. The summed E-state index contributed by atoms with van der Waals surface area (Å²) in [5.41, 5.74) is 2.08. The zero-order valence-electron chi connectivity index (χ0n) is 14.1.